The van der Waals surface area contributed by atoms with Crippen LogP contribution in [0.5, 0.6) is 0 Å². The Bertz CT molecular complexity index is 808. The molecule has 0 fully saturated rings. The average molecular weight is 404 g/mol. The zero-order chi connectivity index (χ0) is 17.2. The number of aliphatic imine (C=N–C) groups is 1. The van der Waals surface area contributed by atoms with Crippen molar-refractivity contribution >= 4 is 44.5 Å². The summed E-state index contributed by atoms with van der Waals surface area (Å²) in [6.07, 6.45) is 0.917. The molecule has 0 aliphatic carbocycles. The maximum absolute atomic E-state index is 12.5. The number of carbonyl (C=O) groups is 1. The number of hydrogen-bond acceptors (Lipinski definition) is 4. The Morgan fingerprint density at radius 1 is 1.29 bits per heavy atom. The van der Waals surface area contributed by atoms with Gasteiger partial charge in [0.1, 0.15) is 0 Å². The number of benzene rings is 2. The Hall–Kier alpha value is -1.79. The lowest BCUT2D eigenvalue weighted by Crippen LogP contribution is -2.28. The zero-order valence-corrected chi connectivity index (χ0v) is 15.7. The van der Waals surface area contributed by atoms with Crippen LogP contribution in [0.15, 0.2) is 58.0 Å². The standard InChI is InChI=1S/C18H18BrN3OS/c1-18(9-10-24-17(20)22-18)12-5-4-6-13(11-12)21-16(23)14-7-2-3-8-15(14)19/h2-8,11H,9-10H2,1H3,(H2,20,22)(H,21,23). The maximum Gasteiger partial charge on any atom is 0.256 e. The Labute approximate surface area is 154 Å². The second-order valence-electron chi connectivity index (χ2n) is 5.84. The summed E-state index contributed by atoms with van der Waals surface area (Å²) in [6.45, 7) is 2.08. The molecule has 1 aliphatic heterocycles. The molecule has 0 saturated heterocycles. The van der Waals surface area contributed by atoms with Crippen LogP contribution in [0.2, 0.25) is 0 Å². The van der Waals surface area contributed by atoms with Crippen LogP contribution in [-0.4, -0.2) is 16.8 Å². The summed E-state index contributed by atoms with van der Waals surface area (Å²) in [5.41, 5.74) is 7.96. The third-order valence-corrected chi connectivity index (χ3v) is 5.54. The van der Waals surface area contributed by atoms with Crippen molar-refractivity contribution < 1.29 is 4.79 Å². The zero-order valence-electron chi connectivity index (χ0n) is 13.3. The molecule has 3 N–H and O–H groups in total. The fraction of sp³-hybridized carbons (Fsp3) is 0.222. The number of nitrogens with one attached hydrogen (secondary N) is 1. The number of thioether (sulfide) groups is 1. The molecule has 1 amide bonds. The number of amides is 1. The van der Waals surface area contributed by atoms with Crippen molar-refractivity contribution in [3.05, 3.63) is 64.1 Å². The Kier molecular flexibility index (Phi) is 4.96. The minimum Gasteiger partial charge on any atom is -0.379 e. The molecule has 0 aromatic heterocycles. The number of hydrogen-bond donors (Lipinski definition) is 2. The van der Waals surface area contributed by atoms with Gasteiger partial charge in [-0.05, 0) is 59.1 Å². The molecule has 124 valence electrons. The van der Waals surface area contributed by atoms with E-state index in [1.54, 1.807) is 17.8 Å². The van der Waals surface area contributed by atoms with Crippen LogP contribution in [-0.2, 0) is 5.54 Å². The number of amidine groups is 1. The Balaban J connectivity index is 1.85. The van der Waals surface area contributed by atoms with Gasteiger partial charge in [0.05, 0.1) is 11.1 Å². The largest absolute Gasteiger partial charge is 0.379 e. The molecule has 2 aromatic rings. The number of carbonyl (C=O) groups excluding carboxylic acids is 1. The van der Waals surface area contributed by atoms with Crippen molar-refractivity contribution in [2.45, 2.75) is 18.9 Å². The van der Waals surface area contributed by atoms with E-state index < -0.39 is 0 Å². The van der Waals surface area contributed by atoms with Crippen molar-refractivity contribution in [3.63, 3.8) is 0 Å². The van der Waals surface area contributed by atoms with Crippen molar-refractivity contribution in [1.82, 2.24) is 0 Å². The van der Waals surface area contributed by atoms with E-state index in [0.29, 0.717) is 10.7 Å². The van der Waals surface area contributed by atoms with Gasteiger partial charge in [0.2, 0.25) is 0 Å². The molecular weight excluding hydrogens is 386 g/mol. The summed E-state index contributed by atoms with van der Waals surface area (Å²) >= 11 is 4.99. The summed E-state index contributed by atoms with van der Waals surface area (Å²) in [6, 6.07) is 15.2. The minimum absolute atomic E-state index is 0.146. The molecule has 1 aliphatic rings. The molecule has 2 aromatic carbocycles. The van der Waals surface area contributed by atoms with Crippen molar-refractivity contribution in [3.8, 4) is 0 Å². The van der Waals surface area contributed by atoms with E-state index in [0.717, 1.165) is 27.9 Å². The molecule has 0 saturated carbocycles. The first-order chi connectivity index (χ1) is 11.5. The Morgan fingerprint density at radius 3 is 2.83 bits per heavy atom. The first-order valence-corrected chi connectivity index (χ1v) is 9.40. The number of nitrogens with zero attached hydrogens (tertiary/aromatic N) is 1. The fourth-order valence-electron chi connectivity index (χ4n) is 2.67. The van der Waals surface area contributed by atoms with Gasteiger partial charge >= 0.3 is 0 Å². The molecule has 1 heterocycles. The van der Waals surface area contributed by atoms with E-state index in [1.165, 1.54) is 0 Å². The van der Waals surface area contributed by atoms with Crippen LogP contribution in [0.25, 0.3) is 0 Å². The van der Waals surface area contributed by atoms with Crippen LogP contribution in [0.4, 0.5) is 5.69 Å². The quantitative estimate of drug-likeness (QED) is 0.799. The highest BCUT2D eigenvalue weighted by molar-refractivity contribution is 9.10. The van der Waals surface area contributed by atoms with Gasteiger partial charge in [-0.1, -0.05) is 36.0 Å². The van der Waals surface area contributed by atoms with Crippen LogP contribution < -0.4 is 11.1 Å². The summed E-state index contributed by atoms with van der Waals surface area (Å²) in [4.78, 5) is 17.1. The summed E-state index contributed by atoms with van der Waals surface area (Å²) in [7, 11) is 0. The molecule has 4 nitrogen and oxygen atoms in total. The van der Waals surface area contributed by atoms with Crippen molar-refractivity contribution in [2.75, 3.05) is 11.1 Å². The van der Waals surface area contributed by atoms with Gasteiger partial charge in [-0.2, -0.15) is 0 Å². The molecule has 0 spiro atoms. The summed E-state index contributed by atoms with van der Waals surface area (Å²) in [5, 5.41) is 3.57. The van der Waals surface area contributed by atoms with Gasteiger partial charge in [0.25, 0.3) is 5.91 Å². The third-order valence-electron chi connectivity index (χ3n) is 4.06. The second kappa shape index (κ2) is 6.99. The molecule has 6 heteroatoms. The normalized spacial score (nSPS) is 20.3. The topological polar surface area (TPSA) is 67.5 Å². The second-order valence-corrected chi connectivity index (χ2v) is 7.81. The highest BCUT2D eigenvalue weighted by atomic mass is 79.9. The molecule has 0 radical (unpaired) electrons. The summed E-state index contributed by atoms with van der Waals surface area (Å²) < 4.78 is 0.771. The molecule has 3 rings (SSSR count). The van der Waals surface area contributed by atoms with Gasteiger partial charge in [-0.3, -0.25) is 9.79 Å². The van der Waals surface area contributed by atoms with Gasteiger partial charge in [-0.25, -0.2) is 0 Å². The lowest BCUT2D eigenvalue weighted by atomic mass is 9.89. The van der Waals surface area contributed by atoms with Gasteiger partial charge in [0.15, 0.2) is 5.17 Å². The molecule has 1 unspecified atom stereocenters. The van der Waals surface area contributed by atoms with Crippen LogP contribution in [0.1, 0.15) is 29.3 Å². The smallest absolute Gasteiger partial charge is 0.256 e. The van der Waals surface area contributed by atoms with Crippen molar-refractivity contribution in [1.29, 1.82) is 0 Å². The Morgan fingerprint density at radius 2 is 2.08 bits per heavy atom. The van der Waals surface area contributed by atoms with Gasteiger partial charge in [0, 0.05) is 15.9 Å². The van der Waals surface area contributed by atoms with E-state index in [1.807, 2.05) is 42.5 Å². The fourth-order valence-corrected chi connectivity index (χ4v) is 4.11. The van der Waals surface area contributed by atoms with E-state index >= 15 is 0 Å². The molecule has 24 heavy (non-hydrogen) atoms. The number of halogens is 1. The lowest BCUT2D eigenvalue weighted by Gasteiger charge is -2.30. The molecular formula is C18H18BrN3OS. The van der Waals surface area contributed by atoms with E-state index in [9.17, 15) is 4.79 Å². The predicted octanol–water partition coefficient (Wildman–Crippen LogP) is 4.37. The van der Waals surface area contributed by atoms with E-state index in [-0.39, 0.29) is 11.4 Å². The summed E-state index contributed by atoms with van der Waals surface area (Å²) in [5.74, 6) is 0.798. The van der Waals surface area contributed by atoms with Gasteiger partial charge < -0.3 is 11.1 Å². The SMILES string of the molecule is CC1(c2cccc(NC(=O)c3ccccc3Br)c2)CCSC(N)=N1. The first kappa shape index (κ1) is 17.0. The van der Waals surface area contributed by atoms with Crippen LogP contribution in [0, 0.1) is 0 Å². The number of rotatable bonds is 3. The average Bonchev–Trinajstić information content (AvgIpc) is 2.55. The number of anilines is 1. The minimum atomic E-state index is -0.344. The third kappa shape index (κ3) is 3.65. The molecule has 0 bridgehead atoms. The predicted molar refractivity (Wildman–Crippen MR) is 105 cm³/mol. The first-order valence-electron chi connectivity index (χ1n) is 7.62. The maximum atomic E-state index is 12.5. The van der Waals surface area contributed by atoms with E-state index in [2.05, 4.69) is 33.2 Å². The highest BCUT2D eigenvalue weighted by Gasteiger charge is 2.29. The monoisotopic (exact) mass is 403 g/mol. The number of nitrogens with two attached hydrogens (primary N) is 1. The van der Waals surface area contributed by atoms with Crippen molar-refractivity contribution in [2.24, 2.45) is 10.7 Å². The van der Waals surface area contributed by atoms with Gasteiger partial charge in [-0.15, -0.1) is 0 Å². The highest BCUT2D eigenvalue weighted by Crippen LogP contribution is 2.35. The van der Waals surface area contributed by atoms with Crippen LogP contribution in [0.3, 0.4) is 0 Å². The lowest BCUT2D eigenvalue weighted by molar-refractivity contribution is 0.102. The molecule has 1 atom stereocenters. The van der Waals surface area contributed by atoms with E-state index in [4.69, 9.17) is 5.73 Å². The van der Waals surface area contributed by atoms with Crippen LogP contribution >= 0.6 is 27.7 Å².